The molecule has 0 saturated carbocycles. The first-order valence-corrected chi connectivity index (χ1v) is 6.05. The molecule has 0 atom stereocenters. The lowest BCUT2D eigenvalue weighted by Gasteiger charge is -2.27. The van der Waals surface area contributed by atoms with E-state index in [0.29, 0.717) is 17.8 Å². The number of hydrogen-bond donors (Lipinski definition) is 1. The van der Waals surface area contributed by atoms with Crippen molar-refractivity contribution in [3.63, 3.8) is 0 Å². The second-order valence-corrected chi connectivity index (χ2v) is 5.82. The Morgan fingerprint density at radius 1 is 1.00 bits per heavy atom. The Kier molecular flexibility index (Phi) is 4.32. The zero-order chi connectivity index (χ0) is 13.9. The van der Waals surface area contributed by atoms with Gasteiger partial charge in [0.25, 0.3) is 0 Å². The maximum absolute atomic E-state index is 4.45. The number of aromatic nitrogens is 3. The fourth-order valence-electron chi connectivity index (χ4n) is 1.62. The van der Waals surface area contributed by atoms with Crippen molar-refractivity contribution in [2.24, 2.45) is 5.41 Å². The summed E-state index contributed by atoms with van der Waals surface area (Å²) in [7, 11) is 7.65. The molecule has 0 aliphatic rings. The largest absolute Gasteiger partial charge is 0.357 e. The molecule has 0 aliphatic heterocycles. The van der Waals surface area contributed by atoms with Gasteiger partial charge in [0.1, 0.15) is 0 Å². The van der Waals surface area contributed by atoms with Crippen molar-refractivity contribution >= 4 is 17.8 Å². The number of nitrogens with zero attached hydrogens (tertiary/aromatic N) is 5. The van der Waals surface area contributed by atoms with Gasteiger partial charge in [0, 0.05) is 34.7 Å². The Morgan fingerprint density at radius 3 is 2.00 bits per heavy atom. The second-order valence-electron chi connectivity index (χ2n) is 5.82. The zero-order valence-electron chi connectivity index (χ0n) is 12.4. The molecule has 0 bridgehead atoms. The monoisotopic (exact) mass is 252 g/mol. The van der Waals surface area contributed by atoms with Gasteiger partial charge in [0.05, 0.1) is 0 Å². The topological polar surface area (TPSA) is 57.2 Å². The maximum Gasteiger partial charge on any atom is 0.231 e. The summed E-state index contributed by atoms with van der Waals surface area (Å²) in [5.41, 5.74) is 0.194. The highest BCUT2D eigenvalue weighted by Crippen LogP contribution is 2.19. The second kappa shape index (κ2) is 5.37. The molecule has 1 aromatic heterocycles. The van der Waals surface area contributed by atoms with Crippen molar-refractivity contribution in [1.82, 2.24) is 15.0 Å². The third-order valence-electron chi connectivity index (χ3n) is 2.29. The van der Waals surface area contributed by atoms with E-state index in [9.17, 15) is 0 Å². The van der Waals surface area contributed by atoms with E-state index in [1.54, 1.807) is 0 Å². The number of rotatable bonds is 4. The van der Waals surface area contributed by atoms with Crippen molar-refractivity contribution in [3.05, 3.63) is 0 Å². The van der Waals surface area contributed by atoms with Crippen LogP contribution in [0.2, 0.25) is 0 Å². The highest BCUT2D eigenvalue weighted by molar-refractivity contribution is 5.43. The van der Waals surface area contributed by atoms with Gasteiger partial charge in [-0.05, 0) is 5.41 Å². The van der Waals surface area contributed by atoms with E-state index in [2.05, 4.69) is 45.9 Å². The summed E-state index contributed by atoms with van der Waals surface area (Å²) in [6.07, 6.45) is 0. The fraction of sp³-hybridized carbons (Fsp3) is 0.750. The van der Waals surface area contributed by atoms with Crippen LogP contribution >= 0.6 is 0 Å². The molecule has 0 saturated heterocycles. The lowest BCUT2D eigenvalue weighted by molar-refractivity contribution is 0.416. The SMILES string of the molecule is CNc1nc(N(C)C)nc(N(C)CC(C)(C)C)n1. The summed E-state index contributed by atoms with van der Waals surface area (Å²) in [5, 5.41) is 2.96. The van der Waals surface area contributed by atoms with Crippen molar-refractivity contribution in [1.29, 1.82) is 0 Å². The molecule has 102 valence electrons. The van der Waals surface area contributed by atoms with Crippen LogP contribution in [0, 0.1) is 5.41 Å². The molecule has 0 spiro atoms. The van der Waals surface area contributed by atoms with E-state index in [4.69, 9.17) is 0 Å². The van der Waals surface area contributed by atoms with Crippen LogP contribution < -0.4 is 15.1 Å². The van der Waals surface area contributed by atoms with E-state index in [1.165, 1.54) is 0 Å². The van der Waals surface area contributed by atoms with Crippen LogP contribution in [0.4, 0.5) is 17.8 Å². The van der Waals surface area contributed by atoms with E-state index < -0.39 is 0 Å². The standard InChI is InChI=1S/C12H24N6/c1-12(2,3)8-18(7)11-15-9(13-4)14-10(16-11)17(5)6/h8H2,1-7H3,(H,13,14,15,16). The highest BCUT2D eigenvalue weighted by Gasteiger charge is 2.17. The summed E-state index contributed by atoms with van der Waals surface area (Å²) in [6, 6.07) is 0. The van der Waals surface area contributed by atoms with Crippen molar-refractivity contribution in [3.8, 4) is 0 Å². The molecule has 1 rings (SSSR count). The summed E-state index contributed by atoms with van der Waals surface area (Å²) in [6.45, 7) is 7.45. The van der Waals surface area contributed by atoms with Gasteiger partial charge in [-0.2, -0.15) is 15.0 Å². The Morgan fingerprint density at radius 2 is 1.56 bits per heavy atom. The van der Waals surface area contributed by atoms with Crippen molar-refractivity contribution in [2.75, 3.05) is 49.9 Å². The van der Waals surface area contributed by atoms with Crippen LogP contribution in [0.5, 0.6) is 0 Å². The first kappa shape index (κ1) is 14.5. The van der Waals surface area contributed by atoms with Gasteiger partial charge < -0.3 is 15.1 Å². The van der Waals surface area contributed by atoms with Gasteiger partial charge in [0.15, 0.2) is 0 Å². The molecule has 6 nitrogen and oxygen atoms in total. The van der Waals surface area contributed by atoms with Crippen LogP contribution in [0.3, 0.4) is 0 Å². The highest BCUT2D eigenvalue weighted by atomic mass is 15.3. The van der Waals surface area contributed by atoms with E-state index in [1.807, 2.05) is 33.1 Å². The molecule has 6 heteroatoms. The predicted octanol–water partition coefficient (Wildman–Crippen LogP) is 1.46. The summed E-state index contributed by atoms with van der Waals surface area (Å²) >= 11 is 0. The molecule has 0 fully saturated rings. The average molecular weight is 252 g/mol. The normalized spacial score (nSPS) is 11.3. The number of nitrogens with one attached hydrogen (secondary N) is 1. The van der Waals surface area contributed by atoms with Crippen LogP contribution in [0.25, 0.3) is 0 Å². The minimum absolute atomic E-state index is 0.194. The quantitative estimate of drug-likeness (QED) is 0.875. The molecule has 0 amide bonds. The zero-order valence-corrected chi connectivity index (χ0v) is 12.4. The minimum atomic E-state index is 0.194. The van der Waals surface area contributed by atoms with Gasteiger partial charge in [-0.1, -0.05) is 20.8 Å². The maximum atomic E-state index is 4.45. The third-order valence-corrected chi connectivity index (χ3v) is 2.29. The number of anilines is 3. The Balaban J connectivity index is 3.04. The van der Waals surface area contributed by atoms with Gasteiger partial charge >= 0.3 is 0 Å². The molecule has 1 N–H and O–H groups in total. The summed E-state index contributed by atoms with van der Waals surface area (Å²) in [4.78, 5) is 17.1. The third kappa shape index (κ3) is 4.01. The Bertz CT molecular complexity index is 396. The lowest BCUT2D eigenvalue weighted by atomic mass is 9.96. The molecule has 18 heavy (non-hydrogen) atoms. The Hall–Kier alpha value is -1.59. The van der Waals surface area contributed by atoms with Crippen LogP contribution in [0.1, 0.15) is 20.8 Å². The molecule has 0 aromatic carbocycles. The van der Waals surface area contributed by atoms with Crippen LogP contribution in [0.15, 0.2) is 0 Å². The van der Waals surface area contributed by atoms with Gasteiger partial charge in [-0.3, -0.25) is 0 Å². The van der Waals surface area contributed by atoms with Crippen LogP contribution in [-0.4, -0.2) is 49.7 Å². The summed E-state index contributed by atoms with van der Waals surface area (Å²) in [5.74, 6) is 1.93. The molecule has 1 heterocycles. The van der Waals surface area contributed by atoms with E-state index in [-0.39, 0.29) is 5.41 Å². The first-order chi connectivity index (χ1) is 8.23. The smallest absolute Gasteiger partial charge is 0.231 e. The molecule has 1 aromatic rings. The van der Waals surface area contributed by atoms with E-state index >= 15 is 0 Å². The average Bonchev–Trinajstić information content (AvgIpc) is 2.26. The van der Waals surface area contributed by atoms with Crippen LogP contribution in [-0.2, 0) is 0 Å². The summed E-state index contributed by atoms with van der Waals surface area (Å²) < 4.78 is 0. The molecule has 0 radical (unpaired) electrons. The molecule has 0 unspecified atom stereocenters. The van der Waals surface area contributed by atoms with Crippen molar-refractivity contribution < 1.29 is 0 Å². The molecule has 0 aliphatic carbocycles. The number of hydrogen-bond acceptors (Lipinski definition) is 6. The van der Waals surface area contributed by atoms with Gasteiger partial charge in [0.2, 0.25) is 17.8 Å². The van der Waals surface area contributed by atoms with Gasteiger partial charge in [-0.15, -0.1) is 0 Å². The van der Waals surface area contributed by atoms with Crippen molar-refractivity contribution in [2.45, 2.75) is 20.8 Å². The predicted molar refractivity (Wildman–Crippen MR) is 76.4 cm³/mol. The molecular weight excluding hydrogens is 228 g/mol. The first-order valence-electron chi connectivity index (χ1n) is 6.05. The molecular formula is C12H24N6. The minimum Gasteiger partial charge on any atom is -0.357 e. The van der Waals surface area contributed by atoms with E-state index in [0.717, 1.165) is 6.54 Å². The Labute approximate surface area is 109 Å². The van der Waals surface area contributed by atoms with Gasteiger partial charge in [-0.25, -0.2) is 0 Å². The fourth-order valence-corrected chi connectivity index (χ4v) is 1.62. The lowest BCUT2D eigenvalue weighted by Crippen LogP contribution is -2.31.